The quantitative estimate of drug-likeness (QED) is 0.878. The zero-order valence-corrected chi connectivity index (χ0v) is 10.4. The van der Waals surface area contributed by atoms with Crippen LogP contribution in [0.2, 0.25) is 0 Å². The van der Waals surface area contributed by atoms with Crippen LogP contribution in [0.4, 0.5) is 11.5 Å². The smallest absolute Gasteiger partial charge is 0.128 e. The molecule has 2 aromatic rings. The number of aryl methyl sites for hydroxylation is 1. The fourth-order valence-electron chi connectivity index (χ4n) is 1.52. The summed E-state index contributed by atoms with van der Waals surface area (Å²) in [5.41, 5.74) is 0.990. The van der Waals surface area contributed by atoms with Gasteiger partial charge in [-0.25, -0.2) is 4.98 Å². The molecule has 0 radical (unpaired) electrons. The highest BCUT2D eigenvalue weighted by molar-refractivity contribution is 5.47. The van der Waals surface area contributed by atoms with Gasteiger partial charge in [-0.15, -0.1) is 0 Å². The number of nitrogens with zero attached hydrogens (tertiary/aromatic N) is 2. The molecule has 2 rings (SSSR count). The summed E-state index contributed by atoms with van der Waals surface area (Å²) in [6, 6.07) is 7.93. The van der Waals surface area contributed by atoms with Crippen LogP contribution in [0.5, 0.6) is 0 Å². The van der Waals surface area contributed by atoms with Gasteiger partial charge in [-0.1, -0.05) is 0 Å². The maximum Gasteiger partial charge on any atom is 0.128 e. The van der Waals surface area contributed by atoms with Crippen LogP contribution in [0, 0.1) is 6.92 Å². The largest absolute Gasteiger partial charge is 0.465 e. The Morgan fingerprint density at radius 3 is 2.59 bits per heavy atom. The molecule has 0 saturated heterocycles. The Balaban J connectivity index is 1.95. The molecule has 0 fully saturated rings. The summed E-state index contributed by atoms with van der Waals surface area (Å²) in [7, 11) is 3.95. The van der Waals surface area contributed by atoms with Gasteiger partial charge in [0.15, 0.2) is 0 Å². The number of hydrogen-bond acceptors (Lipinski definition) is 4. The molecule has 0 aliphatic carbocycles. The highest BCUT2D eigenvalue weighted by Gasteiger charge is 2.00. The molecule has 17 heavy (non-hydrogen) atoms. The maximum absolute atomic E-state index is 5.48. The van der Waals surface area contributed by atoms with E-state index in [9.17, 15) is 0 Å². The molecule has 0 atom stereocenters. The molecular weight excluding hydrogens is 214 g/mol. The number of furan rings is 1. The summed E-state index contributed by atoms with van der Waals surface area (Å²) in [6.07, 6.45) is 1.82. The number of hydrogen-bond donors (Lipinski definition) is 1. The minimum atomic E-state index is 0.677. The van der Waals surface area contributed by atoms with Crippen molar-refractivity contribution in [2.75, 3.05) is 24.3 Å². The first-order valence-corrected chi connectivity index (χ1v) is 5.58. The Morgan fingerprint density at radius 2 is 2.06 bits per heavy atom. The molecule has 2 aromatic heterocycles. The SMILES string of the molecule is Cc1ccc(CNc2ccc(N(C)C)nc2)o1. The molecular formula is C13H17N3O. The van der Waals surface area contributed by atoms with Crippen LogP contribution in [-0.4, -0.2) is 19.1 Å². The number of nitrogens with one attached hydrogen (secondary N) is 1. The predicted octanol–water partition coefficient (Wildman–Crippen LogP) is 2.66. The number of rotatable bonds is 4. The molecule has 0 aliphatic heterocycles. The third-order valence-electron chi connectivity index (χ3n) is 2.47. The molecule has 0 spiro atoms. The Bertz CT molecular complexity index is 474. The highest BCUT2D eigenvalue weighted by Crippen LogP contribution is 2.13. The monoisotopic (exact) mass is 231 g/mol. The first kappa shape index (κ1) is 11.5. The summed E-state index contributed by atoms with van der Waals surface area (Å²) in [5.74, 6) is 2.81. The topological polar surface area (TPSA) is 41.3 Å². The van der Waals surface area contributed by atoms with E-state index in [4.69, 9.17) is 4.42 Å². The van der Waals surface area contributed by atoms with Crippen LogP contribution >= 0.6 is 0 Å². The lowest BCUT2D eigenvalue weighted by molar-refractivity contribution is 0.490. The Morgan fingerprint density at radius 1 is 1.24 bits per heavy atom. The molecule has 4 nitrogen and oxygen atoms in total. The van der Waals surface area contributed by atoms with Gasteiger partial charge in [-0.3, -0.25) is 0 Å². The molecule has 1 N–H and O–H groups in total. The van der Waals surface area contributed by atoms with Gasteiger partial charge in [-0.2, -0.15) is 0 Å². The van der Waals surface area contributed by atoms with Gasteiger partial charge in [-0.05, 0) is 31.2 Å². The van der Waals surface area contributed by atoms with E-state index in [-0.39, 0.29) is 0 Å². The van der Waals surface area contributed by atoms with Gasteiger partial charge in [0, 0.05) is 14.1 Å². The van der Waals surface area contributed by atoms with Gasteiger partial charge in [0.1, 0.15) is 17.3 Å². The Labute approximate surface area is 101 Å². The first-order valence-electron chi connectivity index (χ1n) is 5.58. The fourth-order valence-corrected chi connectivity index (χ4v) is 1.52. The summed E-state index contributed by atoms with van der Waals surface area (Å²) < 4.78 is 5.48. The molecule has 0 saturated carbocycles. The molecule has 0 bridgehead atoms. The second-order valence-electron chi connectivity index (χ2n) is 4.17. The van der Waals surface area contributed by atoms with E-state index in [2.05, 4.69) is 10.3 Å². The van der Waals surface area contributed by atoms with Crippen LogP contribution in [0.25, 0.3) is 0 Å². The second kappa shape index (κ2) is 4.91. The summed E-state index contributed by atoms with van der Waals surface area (Å²) in [4.78, 5) is 6.30. The van der Waals surface area contributed by atoms with Gasteiger partial charge >= 0.3 is 0 Å². The van der Waals surface area contributed by atoms with Crippen LogP contribution in [0.1, 0.15) is 11.5 Å². The number of anilines is 2. The van der Waals surface area contributed by atoms with Crippen molar-refractivity contribution in [2.45, 2.75) is 13.5 Å². The van der Waals surface area contributed by atoms with E-state index >= 15 is 0 Å². The zero-order chi connectivity index (χ0) is 12.3. The van der Waals surface area contributed by atoms with E-state index < -0.39 is 0 Å². The van der Waals surface area contributed by atoms with Crippen molar-refractivity contribution >= 4 is 11.5 Å². The summed E-state index contributed by atoms with van der Waals surface area (Å²) in [5, 5.41) is 3.27. The van der Waals surface area contributed by atoms with E-state index in [1.54, 1.807) is 0 Å². The molecule has 2 heterocycles. The first-order chi connectivity index (χ1) is 8.15. The van der Waals surface area contributed by atoms with E-state index in [0.717, 1.165) is 23.0 Å². The van der Waals surface area contributed by atoms with Crippen molar-refractivity contribution in [1.82, 2.24) is 4.98 Å². The lowest BCUT2D eigenvalue weighted by Gasteiger charge is -2.11. The van der Waals surface area contributed by atoms with Gasteiger partial charge < -0.3 is 14.6 Å². The lowest BCUT2D eigenvalue weighted by atomic mass is 10.3. The van der Waals surface area contributed by atoms with Crippen LogP contribution in [-0.2, 0) is 6.54 Å². The molecule has 0 aliphatic rings. The lowest BCUT2D eigenvalue weighted by Crippen LogP contribution is -2.10. The Hall–Kier alpha value is -1.97. The van der Waals surface area contributed by atoms with Gasteiger partial charge in [0.25, 0.3) is 0 Å². The average Bonchev–Trinajstić information content (AvgIpc) is 2.73. The van der Waals surface area contributed by atoms with E-state index in [1.807, 2.05) is 56.4 Å². The normalized spacial score (nSPS) is 10.3. The Kier molecular flexibility index (Phi) is 3.32. The third kappa shape index (κ3) is 3.00. The van der Waals surface area contributed by atoms with Crippen molar-refractivity contribution in [1.29, 1.82) is 0 Å². The zero-order valence-electron chi connectivity index (χ0n) is 10.4. The molecule has 0 amide bonds. The number of pyridine rings is 1. The molecule has 0 aromatic carbocycles. The van der Waals surface area contributed by atoms with Crippen molar-refractivity contribution < 1.29 is 4.42 Å². The second-order valence-corrected chi connectivity index (χ2v) is 4.17. The van der Waals surface area contributed by atoms with Crippen LogP contribution in [0.3, 0.4) is 0 Å². The standard InChI is InChI=1S/C13H17N3O/c1-10-4-6-12(17-10)9-14-11-5-7-13(15-8-11)16(2)3/h4-8,14H,9H2,1-3H3. The predicted molar refractivity (Wildman–Crippen MR) is 69.3 cm³/mol. The van der Waals surface area contributed by atoms with Crippen LogP contribution in [0.15, 0.2) is 34.9 Å². The number of aromatic nitrogens is 1. The van der Waals surface area contributed by atoms with E-state index in [0.29, 0.717) is 6.54 Å². The average molecular weight is 231 g/mol. The van der Waals surface area contributed by atoms with Crippen molar-refractivity contribution in [3.63, 3.8) is 0 Å². The molecule has 4 heteroatoms. The molecule has 90 valence electrons. The minimum absolute atomic E-state index is 0.677. The van der Waals surface area contributed by atoms with Crippen LogP contribution < -0.4 is 10.2 Å². The van der Waals surface area contributed by atoms with Crippen molar-refractivity contribution in [2.24, 2.45) is 0 Å². The highest BCUT2D eigenvalue weighted by atomic mass is 16.3. The van der Waals surface area contributed by atoms with Crippen molar-refractivity contribution in [3.05, 3.63) is 42.0 Å². The fraction of sp³-hybridized carbons (Fsp3) is 0.308. The molecule has 0 unspecified atom stereocenters. The van der Waals surface area contributed by atoms with Crippen molar-refractivity contribution in [3.8, 4) is 0 Å². The maximum atomic E-state index is 5.48. The third-order valence-corrected chi connectivity index (χ3v) is 2.47. The minimum Gasteiger partial charge on any atom is -0.465 e. The van der Waals surface area contributed by atoms with Gasteiger partial charge in [0.05, 0.1) is 18.4 Å². The van der Waals surface area contributed by atoms with E-state index in [1.165, 1.54) is 0 Å². The summed E-state index contributed by atoms with van der Waals surface area (Å²) in [6.45, 7) is 2.62. The summed E-state index contributed by atoms with van der Waals surface area (Å²) >= 11 is 0. The van der Waals surface area contributed by atoms with Gasteiger partial charge in [0.2, 0.25) is 0 Å².